The van der Waals surface area contributed by atoms with Crippen LogP contribution in [-0.4, -0.2) is 27.6 Å². The van der Waals surface area contributed by atoms with E-state index in [0.717, 1.165) is 0 Å². The molecule has 0 aliphatic heterocycles. The number of Topliss-reactive ketones (excluding diaryl/α,β-unsaturated/α-hetero) is 3. The van der Waals surface area contributed by atoms with Gasteiger partial charge in [-0.2, -0.15) is 0 Å². The molecule has 0 saturated carbocycles. The van der Waals surface area contributed by atoms with Crippen LogP contribution in [0.1, 0.15) is 0 Å². The molecule has 0 fully saturated rings. The Bertz CT molecular complexity index is 313. The zero-order valence-electron chi connectivity index (χ0n) is 5.83. The van der Waals surface area contributed by atoms with Crippen LogP contribution in [0.15, 0.2) is 23.7 Å². The second kappa shape index (κ2) is 2.30. The summed E-state index contributed by atoms with van der Waals surface area (Å²) in [5, 5.41) is 17.5. The maximum atomic E-state index is 10.8. The SMILES string of the molecule is C=C1C(=O)C(=O)C(O)=C(O)C1=O. The average molecular weight is 168 g/mol. The first-order valence-corrected chi connectivity index (χ1v) is 2.91. The lowest BCUT2D eigenvalue weighted by atomic mass is 9.96. The first-order chi connectivity index (χ1) is 5.46. The minimum atomic E-state index is -1.31. The molecule has 0 aromatic heterocycles. The minimum Gasteiger partial charge on any atom is -0.501 e. The number of carbonyl (C=O) groups excluding carboxylic acids is 3. The second-order valence-corrected chi connectivity index (χ2v) is 2.16. The lowest BCUT2D eigenvalue weighted by molar-refractivity contribution is -0.136. The molecule has 0 radical (unpaired) electrons. The van der Waals surface area contributed by atoms with Gasteiger partial charge in [0.05, 0.1) is 5.57 Å². The molecule has 0 atom stereocenters. The predicted octanol–water partition coefficient (Wildman–Crippen LogP) is -0.409. The van der Waals surface area contributed by atoms with Crippen LogP contribution in [0.2, 0.25) is 0 Å². The van der Waals surface area contributed by atoms with Gasteiger partial charge >= 0.3 is 0 Å². The summed E-state index contributed by atoms with van der Waals surface area (Å²) in [5.74, 6) is -5.94. The first-order valence-electron chi connectivity index (χ1n) is 2.91. The number of ketones is 3. The Morgan fingerprint density at radius 1 is 0.833 bits per heavy atom. The molecule has 0 aromatic carbocycles. The van der Waals surface area contributed by atoms with Crippen molar-refractivity contribution >= 4 is 17.3 Å². The topological polar surface area (TPSA) is 91.7 Å². The van der Waals surface area contributed by atoms with Crippen LogP contribution in [0, 0.1) is 0 Å². The highest BCUT2D eigenvalue weighted by Crippen LogP contribution is 2.15. The van der Waals surface area contributed by atoms with Gasteiger partial charge in [-0.25, -0.2) is 0 Å². The van der Waals surface area contributed by atoms with Gasteiger partial charge in [-0.15, -0.1) is 0 Å². The van der Waals surface area contributed by atoms with E-state index in [1.54, 1.807) is 0 Å². The molecule has 12 heavy (non-hydrogen) atoms. The number of rotatable bonds is 0. The summed E-state index contributed by atoms with van der Waals surface area (Å²) in [6.07, 6.45) is 0. The summed E-state index contributed by atoms with van der Waals surface area (Å²) < 4.78 is 0. The number of aliphatic hydroxyl groups is 2. The van der Waals surface area contributed by atoms with Crippen LogP contribution in [0.5, 0.6) is 0 Å². The van der Waals surface area contributed by atoms with Crippen LogP contribution < -0.4 is 0 Å². The molecule has 1 aliphatic carbocycles. The van der Waals surface area contributed by atoms with Gasteiger partial charge in [0.25, 0.3) is 5.78 Å². The Balaban J connectivity index is 3.36. The highest BCUT2D eigenvalue weighted by Gasteiger charge is 2.36. The molecular weight excluding hydrogens is 164 g/mol. The molecule has 0 heterocycles. The van der Waals surface area contributed by atoms with Gasteiger partial charge in [-0.05, 0) is 0 Å². The maximum absolute atomic E-state index is 10.8. The molecule has 0 amide bonds. The lowest BCUT2D eigenvalue weighted by Gasteiger charge is -2.09. The normalized spacial score (nSPS) is 19.0. The van der Waals surface area contributed by atoms with E-state index in [1.807, 2.05) is 0 Å². The number of carbonyl (C=O) groups is 3. The monoisotopic (exact) mass is 168 g/mol. The number of hydrogen-bond acceptors (Lipinski definition) is 5. The number of aliphatic hydroxyl groups excluding tert-OH is 2. The fourth-order valence-electron chi connectivity index (χ4n) is 0.706. The van der Waals surface area contributed by atoms with E-state index in [2.05, 4.69) is 6.58 Å². The molecule has 0 unspecified atom stereocenters. The van der Waals surface area contributed by atoms with Gasteiger partial charge in [-0.1, -0.05) is 6.58 Å². The van der Waals surface area contributed by atoms with E-state index in [0.29, 0.717) is 0 Å². The quantitative estimate of drug-likeness (QED) is 0.291. The maximum Gasteiger partial charge on any atom is 0.271 e. The zero-order valence-corrected chi connectivity index (χ0v) is 5.83. The minimum absolute atomic E-state index is 0.629. The largest absolute Gasteiger partial charge is 0.501 e. The third kappa shape index (κ3) is 0.833. The molecule has 0 spiro atoms. The van der Waals surface area contributed by atoms with Gasteiger partial charge in [-0.3, -0.25) is 14.4 Å². The number of allylic oxidation sites excluding steroid dienone is 2. The van der Waals surface area contributed by atoms with Crippen LogP contribution in [0.4, 0.5) is 0 Å². The van der Waals surface area contributed by atoms with Gasteiger partial charge in [0.1, 0.15) is 0 Å². The van der Waals surface area contributed by atoms with Gasteiger partial charge in [0.2, 0.25) is 23.1 Å². The van der Waals surface area contributed by atoms with E-state index in [-0.39, 0.29) is 0 Å². The molecule has 62 valence electrons. The Kier molecular flexibility index (Phi) is 1.57. The Labute approximate surface area is 66.6 Å². The highest BCUT2D eigenvalue weighted by molar-refractivity contribution is 6.57. The van der Waals surface area contributed by atoms with Crippen molar-refractivity contribution in [3.63, 3.8) is 0 Å². The molecule has 1 rings (SSSR count). The third-order valence-electron chi connectivity index (χ3n) is 1.41. The van der Waals surface area contributed by atoms with Crippen LogP contribution in [0.3, 0.4) is 0 Å². The van der Waals surface area contributed by atoms with Gasteiger partial charge in [0, 0.05) is 0 Å². The van der Waals surface area contributed by atoms with Crippen molar-refractivity contribution in [1.29, 1.82) is 0 Å². The lowest BCUT2D eigenvalue weighted by Crippen LogP contribution is -2.30. The molecule has 0 saturated heterocycles. The van der Waals surface area contributed by atoms with Crippen molar-refractivity contribution in [3.8, 4) is 0 Å². The first kappa shape index (κ1) is 8.19. The van der Waals surface area contributed by atoms with Gasteiger partial charge in [0.15, 0.2) is 0 Å². The third-order valence-corrected chi connectivity index (χ3v) is 1.41. The molecule has 5 heteroatoms. The zero-order chi connectivity index (χ0) is 9.46. The van der Waals surface area contributed by atoms with Crippen molar-refractivity contribution in [2.24, 2.45) is 0 Å². The summed E-state index contributed by atoms with van der Waals surface area (Å²) in [6.45, 7) is 2.99. The fourth-order valence-corrected chi connectivity index (χ4v) is 0.706. The van der Waals surface area contributed by atoms with Crippen LogP contribution in [-0.2, 0) is 14.4 Å². The van der Waals surface area contributed by atoms with Gasteiger partial charge < -0.3 is 10.2 Å². The van der Waals surface area contributed by atoms with E-state index < -0.39 is 34.4 Å². The Morgan fingerprint density at radius 2 is 1.25 bits per heavy atom. The molecule has 0 bridgehead atoms. The fraction of sp³-hybridized carbons (Fsp3) is 0. The summed E-state index contributed by atoms with van der Waals surface area (Å²) in [7, 11) is 0. The highest BCUT2D eigenvalue weighted by atomic mass is 16.3. The molecular formula is C7H4O5. The molecule has 1 aliphatic rings. The van der Waals surface area contributed by atoms with Crippen molar-refractivity contribution in [2.75, 3.05) is 0 Å². The van der Waals surface area contributed by atoms with E-state index in [4.69, 9.17) is 10.2 Å². The summed E-state index contributed by atoms with van der Waals surface area (Å²) in [6, 6.07) is 0. The molecule has 2 N–H and O–H groups in total. The predicted molar refractivity (Wildman–Crippen MR) is 36.4 cm³/mol. The van der Waals surface area contributed by atoms with Crippen LogP contribution in [0.25, 0.3) is 0 Å². The summed E-state index contributed by atoms with van der Waals surface area (Å²) >= 11 is 0. The summed E-state index contributed by atoms with van der Waals surface area (Å²) in [4.78, 5) is 32.1. The average Bonchev–Trinajstić information content (AvgIpc) is 2.08. The second-order valence-electron chi connectivity index (χ2n) is 2.16. The molecule has 5 nitrogen and oxygen atoms in total. The smallest absolute Gasteiger partial charge is 0.271 e. The van der Waals surface area contributed by atoms with E-state index >= 15 is 0 Å². The Hall–Kier alpha value is -1.91. The van der Waals surface area contributed by atoms with Crippen molar-refractivity contribution < 1.29 is 24.6 Å². The standard InChI is InChI=1S/C7H4O5/c1-2-3(8)5(10)7(12)6(11)4(2)9/h10,12H,1H2. The van der Waals surface area contributed by atoms with Crippen LogP contribution >= 0.6 is 0 Å². The number of hydrogen-bond donors (Lipinski definition) is 2. The van der Waals surface area contributed by atoms with E-state index in [1.165, 1.54) is 0 Å². The van der Waals surface area contributed by atoms with Crippen molar-refractivity contribution in [3.05, 3.63) is 23.7 Å². The Morgan fingerprint density at radius 3 is 1.75 bits per heavy atom. The molecule has 0 aromatic rings. The summed E-state index contributed by atoms with van der Waals surface area (Å²) in [5.41, 5.74) is -0.629. The van der Waals surface area contributed by atoms with E-state index in [9.17, 15) is 14.4 Å². The van der Waals surface area contributed by atoms with Crippen molar-refractivity contribution in [1.82, 2.24) is 0 Å². The van der Waals surface area contributed by atoms with Crippen molar-refractivity contribution in [2.45, 2.75) is 0 Å².